The first-order valence-corrected chi connectivity index (χ1v) is 7.37. The Morgan fingerprint density at radius 1 is 1.54 bits per heavy atom. The van der Waals surface area contributed by atoms with Gasteiger partial charge in [0.1, 0.15) is 12.6 Å². The van der Waals surface area contributed by atoms with E-state index >= 15 is 0 Å². The van der Waals surface area contributed by atoms with Crippen LogP contribution in [0.5, 0.6) is 0 Å². The van der Waals surface area contributed by atoms with Gasteiger partial charge in [-0.15, -0.1) is 0 Å². The fourth-order valence-corrected chi connectivity index (χ4v) is 2.48. The molecule has 8 heteroatoms. The molecule has 1 N–H and O–H groups in total. The SMILES string of the molecule is C=C(C)[C@H](O)[C@H](N=[N+]=[N-])C(=O)N1C(=O)OC[C@H]1Cc1ccccc1. The zero-order chi connectivity index (χ0) is 17.7. The summed E-state index contributed by atoms with van der Waals surface area (Å²) in [5.74, 6) is -0.799. The number of nitrogens with zero attached hydrogens (tertiary/aromatic N) is 4. The summed E-state index contributed by atoms with van der Waals surface area (Å²) in [6.45, 7) is 5.10. The summed E-state index contributed by atoms with van der Waals surface area (Å²) in [6.07, 6.45) is -1.78. The molecule has 126 valence electrons. The number of carbonyl (C=O) groups is 2. The summed E-state index contributed by atoms with van der Waals surface area (Å²) in [5, 5.41) is 13.4. The van der Waals surface area contributed by atoms with Crippen molar-refractivity contribution in [1.29, 1.82) is 0 Å². The highest BCUT2D eigenvalue weighted by atomic mass is 16.6. The fraction of sp³-hybridized carbons (Fsp3) is 0.375. The van der Waals surface area contributed by atoms with E-state index < -0.39 is 30.2 Å². The van der Waals surface area contributed by atoms with E-state index in [1.165, 1.54) is 6.92 Å². The van der Waals surface area contributed by atoms with Crippen LogP contribution in [0.25, 0.3) is 10.4 Å². The van der Waals surface area contributed by atoms with E-state index in [1.807, 2.05) is 30.3 Å². The molecule has 0 unspecified atom stereocenters. The third-order valence-corrected chi connectivity index (χ3v) is 3.75. The number of azide groups is 1. The predicted octanol–water partition coefficient (Wildman–Crippen LogP) is 2.19. The van der Waals surface area contributed by atoms with Gasteiger partial charge in [0, 0.05) is 4.91 Å². The average molecular weight is 330 g/mol. The van der Waals surface area contributed by atoms with Crippen molar-refractivity contribution >= 4 is 12.0 Å². The quantitative estimate of drug-likeness (QED) is 0.372. The van der Waals surface area contributed by atoms with Crippen molar-refractivity contribution in [3.63, 3.8) is 0 Å². The number of cyclic esters (lactones) is 1. The molecule has 1 aliphatic rings. The third-order valence-electron chi connectivity index (χ3n) is 3.75. The number of carbonyl (C=O) groups excluding carboxylic acids is 2. The van der Waals surface area contributed by atoms with Crippen molar-refractivity contribution in [2.24, 2.45) is 5.11 Å². The Kier molecular flexibility index (Phi) is 5.57. The van der Waals surface area contributed by atoms with Crippen molar-refractivity contribution in [3.8, 4) is 0 Å². The minimum Gasteiger partial charge on any atom is -0.447 e. The monoisotopic (exact) mass is 330 g/mol. The summed E-state index contributed by atoms with van der Waals surface area (Å²) >= 11 is 0. The van der Waals surface area contributed by atoms with Crippen LogP contribution in [0.3, 0.4) is 0 Å². The first-order valence-electron chi connectivity index (χ1n) is 7.37. The molecule has 0 bridgehead atoms. The molecule has 1 aliphatic heterocycles. The lowest BCUT2D eigenvalue weighted by atomic mass is 10.0. The van der Waals surface area contributed by atoms with Crippen molar-refractivity contribution in [2.75, 3.05) is 6.61 Å². The Hall–Kier alpha value is -2.83. The van der Waals surface area contributed by atoms with E-state index in [4.69, 9.17) is 10.3 Å². The molecule has 1 fully saturated rings. The van der Waals surface area contributed by atoms with Gasteiger partial charge in [0.2, 0.25) is 5.91 Å². The third kappa shape index (κ3) is 3.73. The van der Waals surface area contributed by atoms with Crippen LogP contribution in [0.1, 0.15) is 12.5 Å². The zero-order valence-electron chi connectivity index (χ0n) is 13.2. The smallest absolute Gasteiger partial charge is 0.416 e. The van der Waals surface area contributed by atoms with Gasteiger partial charge in [-0.05, 0) is 24.4 Å². The van der Waals surface area contributed by atoms with Crippen LogP contribution in [-0.4, -0.2) is 46.8 Å². The summed E-state index contributed by atoms with van der Waals surface area (Å²) in [4.78, 5) is 28.1. The van der Waals surface area contributed by atoms with Gasteiger partial charge in [0.25, 0.3) is 0 Å². The molecule has 24 heavy (non-hydrogen) atoms. The van der Waals surface area contributed by atoms with Crippen LogP contribution >= 0.6 is 0 Å². The molecule has 1 aromatic rings. The van der Waals surface area contributed by atoms with Gasteiger partial charge in [-0.3, -0.25) is 4.79 Å². The maximum atomic E-state index is 12.7. The minimum absolute atomic E-state index is 0.0472. The van der Waals surface area contributed by atoms with E-state index in [9.17, 15) is 14.7 Å². The van der Waals surface area contributed by atoms with Gasteiger partial charge in [0.15, 0.2) is 0 Å². The Bertz CT molecular complexity index is 685. The molecule has 0 spiro atoms. The van der Waals surface area contributed by atoms with Crippen LogP contribution in [0.15, 0.2) is 47.6 Å². The lowest BCUT2D eigenvalue weighted by Gasteiger charge is -2.25. The predicted molar refractivity (Wildman–Crippen MR) is 85.9 cm³/mol. The molecule has 0 saturated carbocycles. The number of aliphatic hydroxyl groups excluding tert-OH is 1. The number of rotatable bonds is 6. The molecule has 1 aromatic carbocycles. The number of hydrogen-bond acceptors (Lipinski definition) is 5. The maximum Gasteiger partial charge on any atom is 0.416 e. The first-order chi connectivity index (χ1) is 11.5. The van der Waals surface area contributed by atoms with E-state index in [1.54, 1.807) is 0 Å². The Morgan fingerprint density at radius 2 is 2.21 bits per heavy atom. The van der Waals surface area contributed by atoms with Crippen molar-refractivity contribution in [1.82, 2.24) is 4.90 Å². The standard InChI is InChI=1S/C16H18N4O4/c1-10(2)14(21)13(18-19-17)15(22)20-12(9-24-16(20)23)8-11-6-4-3-5-7-11/h3-7,12-14,21H,1,8-9H2,2H3/t12-,13+,14+/m1/s1. The second kappa shape index (κ2) is 7.63. The molecule has 2 rings (SSSR count). The average Bonchev–Trinajstić information content (AvgIpc) is 2.92. The molecule has 2 amide bonds. The van der Waals surface area contributed by atoms with Crippen molar-refractivity contribution < 1.29 is 19.4 Å². The highest BCUT2D eigenvalue weighted by molar-refractivity contribution is 5.97. The fourth-order valence-electron chi connectivity index (χ4n) is 2.48. The van der Waals surface area contributed by atoms with Gasteiger partial charge in [0.05, 0.1) is 12.1 Å². The van der Waals surface area contributed by atoms with E-state index in [2.05, 4.69) is 16.6 Å². The highest BCUT2D eigenvalue weighted by Crippen LogP contribution is 2.21. The van der Waals surface area contributed by atoms with E-state index in [0.29, 0.717) is 6.42 Å². The number of hydrogen-bond donors (Lipinski definition) is 1. The number of benzene rings is 1. The summed E-state index contributed by atoms with van der Waals surface area (Å²) in [5.41, 5.74) is 9.84. The van der Waals surface area contributed by atoms with Crippen molar-refractivity contribution in [3.05, 3.63) is 58.5 Å². The van der Waals surface area contributed by atoms with Crippen molar-refractivity contribution in [2.45, 2.75) is 31.5 Å². The maximum absolute atomic E-state index is 12.7. The van der Waals surface area contributed by atoms with Crippen LogP contribution < -0.4 is 0 Å². The molecule has 0 aromatic heterocycles. The minimum atomic E-state index is -1.46. The zero-order valence-corrected chi connectivity index (χ0v) is 13.2. The number of ether oxygens (including phenoxy) is 1. The topological polar surface area (TPSA) is 116 Å². The second-order valence-electron chi connectivity index (χ2n) is 5.57. The van der Waals surface area contributed by atoms with Gasteiger partial charge in [-0.1, -0.05) is 47.6 Å². The van der Waals surface area contributed by atoms with Crippen LogP contribution in [-0.2, 0) is 16.0 Å². The number of imide groups is 1. The molecular weight excluding hydrogens is 312 g/mol. The largest absolute Gasteiger partial charge is 0.447 e. The van der Waals surface area contributed by atoms with Gasteiger partial charge < -0.3 is 9.84 Å². The number of aliphatic hydroxyl groups is 1. The molecule has 3 atom stereocenters. The van der Waals surface area contributed by atoms with E-state index in [0.717, 1.165) is 10.5 Å². The lowest BCUT2D eigenvalue weighted by Crippen LogP contribution is -2.48. The Labute approximate surface area is 139 Å². The van der Waals surface area contributed by atoms with E-state index in [-0.39, 0.29) is 12.2 Å². The van der Waals surface area contributed by atoms with Gasteiger partial charge in [-0.25, -0.2) is 9.69 Å². The summed E-state index contributed by atoms with van der Waals surface area (Å²) in [7, 11) is 0. The summed E-state index contributed by atoms with van der Waals surface area (Å²) in [6, 6.07) is 7.33. The van der Waals surface area contributed by atoms with Crippen LogP contribution in [0.2, 0.25) is 0 Å². The summed E-state index contributed by atoms with van der Waals surface area (Å²) < 4.78 is 4.97. The lowest BCUT2D eigenvalue weighted by molar-refractivity contribution is -0.132. The highest BCUT2D eigenvalue weighted by Gasteiger charge is 2.42. The molecule has 0 radical (unpaired) electrons. The van der Waals surface area contributed by atoms with Gasteiger partial charge in [-0.2, -0.15) is 0 Å². The molecule has 1 saturated heterocycles. The van der Waals surface area contributed by atoms with Gasteiger partial charge >= 0.3 is 6.09 Å². The molecule has 1 heterocycles. The molecule has 0 aliphatic carbocycles. The van der Waals surface area contributed by atoms with Crippen LogP contribution in [0, 0.1) is 0 Å². The first kappa shape index (κ1) is 17.5. The molecule has 8 nitrogen and oxygen atoms in total. The normalized spacial score (nSPS) is 19.2. The molecular formula is C16H18N4O4. The Morgan fingerprint density at radius 3 is 2.79 bits per heavy atom. The Balaban J connectivity index is 2.24. The van der Waals surface area contributed by atoms with Crippen LogP contribution in [0.4, 0.5) is 4.79 Å². The second-order valence-corrected chi connectivity index (χ2v) is 5.57. The number of amides is 2.